The van der Waals surface area contributed by atoms with Crippen LogP contribution in [0.15, 0.2) is 59.9 Å². The second kappa shape index (κ2) is 5.92. The first-order valence-corrected chi connectivity index (χ1v) is 8.10. The van der Waals surface area contributed by atoms with E-state index in [-0.39, 0.29) is 0 Å². The summed E-state index contributed by atoms with van der Waals surface area (Å²) in [5.41, 5.74) is 7.18. The Hall–Kier alpha value is -2.95. The fourth-order valence-corrected chi connectivity index (χ4v) is 3.09. The minimum Gasteiger partial charge on any atom is -0.362 e. The van der Waals surface area contributed by atoms with Gasteiger partial charge in [0.05, 0.1) is 17.4 Å². The predicted molar refractivity (Wildman–Crippen MR) is 98.0 cm³/mol. The molecule has 0 saturated heterocycles. The Balaban J connectivity index is 1.56. The van der Waals surface area contributed by atoms with Gasteiger partial charge in [0.15, 0.2) is 0 Å². The van der Waals surface area contributed by atoms with Gasteiger partial charge in [0.2, 0.25) is 0 Å². The molecule has 2 N–H and O–H groups in total. The molecule has 1 aliphatic heterocycles. The highest BCUT2D eigenvalue weighted by Gasteiger charge is 2.31. The van der Waals surface area contributed by atoms with Crippen molar-refractivity contribution in [2.45, 2.75) is 19.9 Å². The number of nitrogens with zero attached hydrogens (tertiary/aromatic N) is 3. The van der Waals surface area contributed by atoms with Gasteiger partial charge in [-0.15, -0.1) is 0 Å². The first-order valence-electron chi connectivity index (χ1n) is 8.10. The van der Waals surface area contributed by atoms with E-state index in [9.17, 15) is 0 Å². The molecule has 1 aliphatic carbocycles. The van der Waals surface area contributed by atoms with E-state index in [2.05, 4.69) is 57.0 Å². The minimum absolute atomic E-state index is 0.312. The number of fused-ring (bicyclic) bond motifs is 3. The third-order valence-electron chi connectivity index (χ3n) is 4.42. The Morgan fingerprint density at radius 3 is 3.00 bits per heavy atom. The van der Waals surface area contributed by atoms with Gasteiger partial charge >= 0.3 is 0 Å². The van der Waals surface area contributed by atoms with Crippen LogP contribution in [0.4, 0.5) is 11.6 Å². The normalized spacial score (nSPS) is 21.6. The summed E-state index contributed by atoms with van der Waals surface area (Å²) in [6.45, 7) is 4.14. The second-order valence-corrected chi connectivity index (χ2v) is 6.10. The van der Waals surface area contributed by atoms with Crippen LogP contribution in [0.25, 0.3) is 5.57 Å². The SMILES string of the molecule is C/C(=N/Nc1ccc2c(n1)NC1C2=CC=CC1C)c1ccccn1. The first-order chi connectivity index (χ1) is 11.7. The summed E-state index contributed by atoms with van der Waals surface area (Å²) in [5, 5.41) is 7.90. The standard InChI is InChI=1S/C19H19N5/c1-12-6-5-7-14-15-9-10-17(21-19(15)22-18(12)14)24-23-13(2)16-8-3-4-11-20-16/h3-12,18H,1-2H3,(H2,21,22,24)/b23-13-. The molecule has 2 aromatic rings. The van der Waals surface area contributed by atoms with Crippen LogP contribution >= 0.6 is 0 Å². The molecule has 0 aromatic carbocycles. The molecule has 0 radical (unpaired) electrons. The lowest BCUT2D eigenvalue weighted by Gasteiger charge is -2.20. The summed E-state index contributed by atoms with van der Waals surface area (Å²) in [4.78, 5) is 8.95. The van der Waals surface area contributed by atoms with Crippen molar-refractivity contribution in [3.63, 3.8) is 0 Å². The summed E-state index contributed by atoms with van der Waals surface area (Å²) >= 11 is 0. The van der Waals surface area contributed by atoms with Crippen LogP contribution in [0.5, 0.6) is 0 Å². The van der Waals surface area contributed by atoms with Gasteiger partial charge in [0, 0.05) is 11.8 Å². The van der Waals surface area contributed by atoms with Gasteiger partial charge < -0.3 is 5.32 Å². The van der Waals surface area contributed by atoms with Crippen molar-refractivity contribution in [2.75, 3.05) is 10.7 Å². The number of aromatic nitrogens is 2. The number of nitrogens with one attached hydrogen (secondary N) is 2. The number of anilines is 2. The largest absolute Gasteiger partial charge is 0.362 e. The smallest absolute Gasteiger partial charge is 0.148 e. The summed E-state index contributed by atoms with van der Waals surface area (Å²) in [6, 6.07) is 10.1. The molecule has 0 fully saturated rings. The molecule has 2 unspecified atom stereocenters. The van der Waals surface area contributed by atoms with Gasteiger partial charge in [-0.05, 0) is 42.7 Å². The van der Waals surface area contributed by atoms with Crippen LogP contribution in [0.2, 0.25) is 0 Å². The number of allylic oxidation sites excluding steroid dienone is 2. The van der Waals surface area contributed by atoms with Crippen LogP contribution in [0.1, 0.15) is 25.1 Å². The van der Waals surface area contributed by atoms with Crippen molar-refractivity contribution < 1.29 is 0 Å². The molecular formula is C19H19N5. The van der Waals surface area contributed by atoms with Gasteiger partial charge in [-0.2, -0.15) is 5.10 Å². The Kier molecular flexibility index (Phi) is 3.61. The van der Waals surface area contributed by atoms with Crippen molar-refractivity contribution in [2.24, 2.45) is 11.0 Å². The Morgan fingerprint density at radius 1 is 1.25 bits per heavy atom. The van der Waals surface area contributed by atoms with E-state index in [4.69, 9.17) is 0 Å². The van der Waals surface area contributed by atoms with E-state index in [0.29, 0.717) is 12.0 Å². The van der Waals surface area contributed by atoms with Crippen molar-refractivity contribution in [1.82, 2.24) is 9.97 Å². The van der Waals surface area contributed by atoms with Gasteiger partial charge in [0.25, 0.3) is 0 Å². The monoisotopic (exact) mass is 317 g/mol. The molecule has 24 heavy (non-hydrogen) atoms. The van der Waals surface area contributed by atoms with E-state index in [1.54, 1.807) is 6.20 Å². The maximum atomic E-state index is 4.66. The summed E-state index contributed by atoms with van der Waals surface area (Å²) < 4.78 is 0. The molecule has 2 aromatic heterocycles. The molecule has 120 valence electrons. The second-order valence-electron chi connectivity index (χ2n) is 6.10. The fourth-order valence-electron chi connectivity index (χ4n) is 3.09. The summed E-state index contributed by atoms with van der Waals surface area (Å²) in [6.07, 6.45) is 8.27. The van der Waals surface area contributed by atoms with E-state index >= 15 is 0 Å². The minimum atomic E-state index is 0.312. The Bertz CT molecular complexity index is 851. The van der Waals surface area contributed by atoms with Crippen molar-refractivity contribution in [3.05, 3.63) is 66.0 Å². The molecule has 2 aliphatic rings. The Labute approximate surface area is 141 Å². The van der Waals surface area contributed by atoms with E-state index in [1.165, 1.54) is 11.1 Å². The lowest BCUT2D eigenvalue weighted by atomic mass is 9.89. The lowest BCUT2D eigenvalue weighted by molar-refractivity contribution is 0.683. The average Bonchev–Trinajstić information content (AvgIpc) is 3.00. The highest BCUT2D eigenvalue weighted by atomic mass is 15.3. The zero-order valence-corrected chi connectivity index (χ0v) is 13.7. The van der Waals surface area contributed by atoms with Crippen LogP contribution in [0, 0.1) is 5.92 Å². The maximum Gasteiger partial charge on any atom is 0.148 e. The van der Waals surface area contributed by atoms with E-state index in [0.717, 1.165) is 23.0 Å². The van der Waals surface area contributed by atoms with Crippen molar-refractivity contribution in [3.8, 4) is 0 Å². The Morgan fingerprint density at radius 2 is 2.17 bits per heavy atom. The van der Waals surface area contributed by atoms with Crippen LogP contribution in [-0.4, -0.2) is 21.7 Å². The molecule has 5 nitrogen and oxygen atoms in total. The molecule has 0 saturated carbocycles. The van der Waals surface area contributed by atoms with E-state index < -0.39 is 0 Å². The highest BCUT2D eigenvalue weighted by Crippen LogP contribution is 2.39. The van der Waals surface area contributed by atoms with Crippen molar-refractivity contribution >= 4 is 22.9 Å². The molecular weight excluding hydrogens is 298 g/mol. The zero-order valence-electron chi connectivity index (χ0n) is 13.7. The predicted octanol–water partition coefficient (Wildman–Crippen LogP) is 3.70. The summed E-state index contributed by atoms with van der Waals surface area (Å²) in [5.74, 6) is 2.09. The highest BCUT2D eigenvalue weighted by molar-refractivity contribution is 5.97. The molecule has 0 bridgehead atoms. The van der Waals surface area contributed by atoms with Gasteiger partial charge in [-0.1, -0.05) is 31.2 Å². The average molecular weight is 317 g/mol. The molecule has 0 spiro atoms. The number of rotatable bonds is 3. The van der Waals surface area contributed by atoms with Crippen molar-refractivity contribution in [1.29, 1.82) is 0 Å². The van der Waals surface area contributed by atoms with Crippen LogP contribution in [-0.2, 0) is 0 Å². The third-order valence-corrected chi connectivity index (χ3v) is 4.42. The third kappa shape index (κ3) is 2.58. The topological polar surface area (TPSA) is 62.2 Å². The van der Waals surface area contributed by atoms with E-state index in [1.807, 2.05) is 31.2 Å². The van der Waals surface area contributed by atoms with Crippen LogP contribution in [0.3, 0.4) is 0 Å². The molecule has 5 heteroatoms. The van der Waals surface area contributed by atoms with Gasteiger partial charge in [0.1, 0.15) is 11.6 Å². The number of hydrogen-bond donors (Lipinski definition) is 2. The van der Waals surface area contributed by atoms with Gasteiger partial charge in [-0.3, -0.25) is 10.4 Å². The molecule has 3 heterocycles. The lowest BCUT2D eigenvalue weighted by Crippen LogP contribution is -2.24. The summed E-state index contributed by atoms with van der Waals surface area (Å²) in [7, 11) is 0. The molecule has 2 atom stereocenters. The first kappa shape index (κ1) is 14.6. The van der Waals surface area contributed by atoms with Gasteiger partial charge in [-0.25, -0.2) is 4.98 Å². The zero-order chi connectivity index (χ0) is 16.5. The molecule has 0 amide bonds. The quantitative estimate of drug-likeness (QED) is 0.669. The molecule has 4 rings (SSSR count). The van der Waals surface area contributed by atoms with Crippen LogP contribution < -0.4 is 10.7 Å². The number of hydrazone groups is 1. The number of pyridine rings is 2. The maximum absolute atomic E-state index is 4.66. The fraction of sp³-hybridized carbons (Fsp3) is 0.211. The number of hydrogen-bond acceptors (Lipinski definition) is 5.